The van der Waals surface area contributed by atoms with Gasteiger partial charge in [-0.2, -0.15) is 0 Å². The Labute approximate surface area is 96.5 Å². The van der Waals surface area contributed by atoms with Crippen LogP contribution in [0.5, 0.6) is 0 Å². The molecule has 0 aliphatic carbocycles. The number of rotatable bonds is 2. The van der Waals surface area contributed by atoms with Crippen LogP contribution in [0.3, 0.4) is 0 Å². The largest absolute Gasteiger partial charge is 0.391 e. The number of nitrogens with two attached hydrogens (primary N) is 1. The highest BCUT2D eigenvalue weighted by Gasteiger charge is 2.14. The first-order chi connectivity index (χ1) is 7.63. The van der Waals surface area contributed by atoms with E-state index < -0.39 is 5.82 Å². The smallest absolute Gasteiger partial charge is 0.153 e. The summed E-state index contributed by atoms with van der Waals surface area (Å²) < 4.78 is 14.0. The predicted molar refractivity (Wildman–Crippen MR) is 64.2 cm³/mol. The Kier molecular flexibility index (Phi) is 2.75. The van der Waals surface area contributed by atoms with Gasteiger partial charge in [0.25, 0.3) is 0 Å². The van der Waals surface area contributed by atoms with Crippen LogP contribution in [0.4, 0.5) is 9.39 Å². The molecule has 0 spiro atoms. The van der Waals surface area contributed by atoms with Crippen LogP contribution in [-0.2, 0) is 0 Å². The Balaban J connectivity index is 2.68. The van der Waals surface area contributed by atoms with Gasteiger partial charge < -0.3 is 5.73 Å². The number of thiophene rings is 1. The molecule has 0 radical (unpaired) electrons. The van der Waals surface area contributed by atoms with E-state index in [1.807, 2.05) is 6.92 Å². The summed E-state index contributed by atoms with van der Waals surface area (Å²) in [7, 11) is 0. The van der Waals surface area contributed by atoms with Crippen molar-refractivity contribution in [3.8, 4) is 10.4 Å². The average molecular weight is 235 g/mol. The zero-order valence-corrected chi connectivity index (χ0v) is 9.48. The van der Waals surface area contributed by atoms with Crippen LogP contribution >= 0.6 is 11.3 Å². The highest BCUT2D eigenvalue weighted by Crippen LogP contribution is 2.34. The van der Waals surface area contributed by atoms with Gasteiger partial charge in [0, 0.05) is 10.4 Å². The lowest BCUT2D eigenvalue weighted by atomic mass is 10.0. The maximum atomic E-state index is 14.0. The molecule has 4 heteroatoms. The highest BCUT2D eigenvalue weighted by atomic mass is 32.1. The van der Waals surface area contributed by atoms with Crippen LogP contribution in [0.2, 0.25) is 0 Å². The van der Waals surface area contributed by atoms with E-state index in [-0.39, 0.29) is 5.56 Å². The lowest BCUT2D eigenvalue weighted by molar-refractivity contribution is 0.112. The molecule has 2 rings (SSSR count). The Hall–Kier alpha value is -1.68. The van der Waals surface area contributed by atoms with E-state index in [4.69, 9.17) is 5.73 Å². The van der Waals surface area contributed by atoms with Crippen molar-refractivity contribution in [1.29, 1.82) is 0 Å². The third-order valence-electron chi connectivity index (χ3n) is 2.38. The third-order valence-corrected chi connectivity index (χ3v) is 3.31. The average Bonchev–Trinajstić information content (AvgIpc) is 2.65. The van der Waals surface area contributed by atoms with Gasteiger partial charge in [0.15, 0.2) is 6.29 Å². The number of halogens is 1. The fraction of sp³-hybridized carbons (Fsp3) is 0.0833. The van der Waals surface area contributed by atoms with Crippen LogP contribution < -0.4 is 5.73 Å². The van der Waals surface area contributed by atoms with E-state index in [0.29, 0.717) is 16.9 Å². The zero-order chi connectivity index (χ0) is 11.7. The molecule has 0 aliphatic rings. The number of anilines is 1. The quantitative estimate of drug-likeness (QED) is 0.812. The van der Waals surface area contributed by atoms with Gasteiger partial charge in [-0.1, -0.05) is 6.07 Å². The summed E-state index contributed by atoms with van der Waals surface area (Å²) in [5.74, 6) is -0.475. The predicted octanol–water partition coefficient (Wildman–Crippen LogP) is 3.26. The molecule has 0 atom stereocenters. The molecule has 0 bridgehead atoms. The minimum atomic E-state index is -0.475. The number of carbonyl (C=O) groups excluding carboxylic acids is 1. The Bertz CT molecular complexity index is 548. The van der Waals surface area contributed by atoms with Crippen molar-refractivity contribution in [3.63, 3.8) is 0 Å². The Morgan fingerprint density at radius 3 is 2.62 bits per heavy atom. The molecule has 1 aromatic heterocycles. The third kappa shape index (κ3) is 1.72. The molecule has 0 fully saturated rings. The second-order valence-electron chi connectivity index (χ2n) is 3.48. The Morgan fingerprint density at radius 2 is 2.06 bits per heavy atom. The van der Waals surface area contributed by atoms with Gasteiger partial charge in [-0.3, -0.25) is 4.79 Å². The number of aldehydes is 1. The molecule has 0 amide bonds. The first kappa shape index (κ1) is 10.8. The molecule has 0 saturated heterocycles. The molecular formula is C12H10FNOS. The van der Waals surface area contributed by atoms with E-state index in [0.717, 1.165) is 10.4 Å². The van der Waals surface area contributed by atoms with Gasteiger partial charge >= 0.3 is 0 Å². The van der Waals surface area contributed by atoms with E-state index in [9.17, 15) is 9.18 Å². The van der Waals surface area contributed by atoms with E-state index in [1.54, 1.807) is 18.2 Å². The van der Waals surface area contributed by atoms with Crippen molar-refractivity contribution in [1.82, 2.24) is 0 Å². The van der Waals surface area contributed by atoms with Crippen molar-refractivity contribution >= 4 is 22.6 Å². The molecular weight excluding hydrogens is 225 g/mol. The lowest BCUT2D eigenvalue weighted by Gasteiger charge is -2.06. The van der Waals surface area contributed by atoms with Crippen molar-refractivity contribution in [2.75, 3.05) is 5.73 Å². The van der Waals surface area contributed by atoms with Crippen LogP contribution in [0.1, 0.15) is 15.9 Å². The summed E-state index contributed by atoms with van der Waals surface area (Å²) in [5.41, 5.74) is 6.95. The SMILES string of the molecule is Cc1ccc(C=O)c(F)c1-c1ccc(N)s1. The van der Waals surface area contributed by atoms with Crippen LogP contribution in [0, 0.1) is 12.7 Å². The van der Waals surface area contributed by atoms with Crippen LogP contribution in [0.25, 0.3) is 10.4 Å². The van der Waals surface area contributed by atoms with Gasteiger partial charge in [-0.15, -0.1) is 11.3 Å². The molecule has 1 heterocycles. The number of nitrogen functional groups attached to an aromatic ring is 1. The topological polar surface area (TPSA) is 43.1 Å². The first-order valence-corrected chi connectivity index (χ1v) is 5.55. The van der Waals surface area contributed by atoms with Gasteiger partial charge in [0.2, 0.25) is 0 Å². The Morgan fingerprint density at radius 1 is 1.31 bits per heavy atom. The normalized spacial score (nSPS) is 10.4. The number of hydrogen-bond acceptors (Lipinski definition) is 3. The highest BCUT2D eigenvalue weighted by molar-refractivity contribution is 7.19. The summed E-state index contributed by atoms with van der Waals surface area (Å²) in [6.45, 7) is 1.81. The van der Waals surface area contributed by atoms with E-state index in [2.05, 4.69) is 0 Å². The fourth-order valence-corrected chi connectivity index (χ4v) is 2.45. The number of carbonyl (C=O) groups is 1. The minimum absolute atomic E-state index is 0.0765. The van der Waals surface area contributed by atoms with Gasteiger partial charge in [0.05, 0.1) is 10.6 Å². The molecule has 2 nitrogen and oxygen atoms in total. The number of aryl methyl sites for hydroxylation is 1. The fourth-order valence-electron chi connectivity index (χ4n) is 1.57. The molecule has 82 valence electrons. The number of benzene rings is 1. The zero-order valence-electron chi connectivity index (χ0n) is 8.66. The van der Waals surface area contributed by atoms with Crippen LogP contribution in [-0.4, -0.2) is 6.29 Å². The van der Waals surface area contributed by atoms with E-state index >= 15 is 0 Å². The molecule has 0 saturated carbocycles. The summed E-state index contributed by atoms with van der Waals surface area (Å²) in [4.78, 5) is 11.4. The second kappa shape index (κ2) is 4.06. The molecule has 16 heavy (non-hydrogen) atoms. The van der Waals surface area contributed by atoms with Crippen molar-refractivity contribution in [2.45, 2.75) is 6.92 Å². The summed E-state index contributed by atoms with van der Waals surface area (Å²) in [5, 5.41) is 0.630. The summed E-state index contributed by atoms with van der Waals surface area (Å²) >= 11 is 1.31. The molecule has 0 aliphatic heterocycles. The van der Waals surface area contributed by atoms with E-state index in [1.165, 1.54) is 17.4 Å². The van der Waals surface area contributed by atoms with Crippen molar-refractivity contribution in [2.24, 2.45) is 0 Å². The van der Waals surface area contributed by atoms with Crippen LogP contribution in [0.15, 0.2) is 24.3 Å². The molecule has 0 unspecified atom stereocenters. The maximum absolute atomic E-state index is 14.0. The monoisotopic (exact) mass is 235 g/mol. The maximum Gasteiger partial charge on any atom is 0.153 e. The van der Waals surface area contributed by atoms with Gasteiger partial charge in [0.1, 0.15) is 5.82 Å². The van der Waals surface area contributed by atoms with Crippen molar-refractivity contribution < 1.29 is 9.18 Å². The van der Waals surface area contributed by atoms with Gasteiger partial charge in [-0.25, -0.2) is 4.39 Å². The second-order valence-corrected chi connectivity index (χ2v) is 4.60. The first-order valence-electron chi connectivity index (χ1n) is 4.73. The molecule has 1 aromatic carbocycles. The van der Waals surface area contributed by atoms with Gasteiger partial charge in [-0.05, 0) is 30.7 Å². The minimum Gasteiger partial charge on any atom is -0.391 e. The summed E-state index contributed by atoms with van der Waals surface area (Å²) in [6, 6.07) is 6.71. The summed E-state index contributed by atoms with van der Waals surface area (Å²) in [6.07, 6.45) is 0.523. The lowest BCUT2D eigenvalue weighted by Crippen LogP contribution is -1.93. The van der Waals surface area contributed by atoms with Crippen molar-refractivity contribution in [3.05, 3.63) is 41.2 Å². The molecule has 2 aromatic rings. The number of hydrogen-bond donors (Lipinski definition) is 1. The standard InChI is InChI=1S/C12H10FNOS/c1-7-2-3-8(6-15)12(13)11(7)9-4-5-10(14)16-9/h2-6H,14H2,1H3. The molecule has 2 N–H and O–H groups in total.